The Hall–Kier alpha value is -3.15. The number of hydrogen-bond acceptors (Lipinski definition) is 4. The molecule has 0 aliphatic heterocycles. The number of rotatable bonds is 6. The van der Waals surface area contributed by atoms with Gasteiger partial charge < -0.3 is 15.2 Å². The fourth-order valence-electron chi connectivity index (χ4n) is 2.80. The van der Waals surface area contributed by atoms with E-state index in [-0.39, 0.29) is 5.91 Å². The highest BCUT2D eigenvalue weighted by atomic mass is 16.2. The molecule has 2 heterocycles. The van der Waals surface area contributed by atoms with Crippen molar-refractivity contribution in [2.45, 2.75) is 26.9 Å². The predicted octanol–water partition coefficient (Wildman–Crippen LogP) is 3.31. The van der Waals surface area contributed by atoms with E-state index in [4.69, 9.17) is 0 Å². The zero-order valence-electron chi connectivity index (χ0n) is 15.3. The maximum absolute atomic E-state index is 12.8. The van der Waals surface area contributed by atoms with Crippen molar-refractivity contribution in [3.63, 3.8) is 0 Å². The third-order valence-electron chi connectivity index (χ3n) is 4.24. The fourth-order valence-corrected chi connectivity index (χ4v) is 2.80. The molecule has 1 aromatic carbocycles. The minimum Gasteiger partial charge on any atom is -0.379 e. The van der Waals surface area contributed by atoms with Gasteiger partial charge in [0.2, 0.25) is 0 Å². The Labute approximate surface area is 153 Å². The van der Waals surface area contributed by atoms with E-state index in [0.717, 1.165) is 28.5 Å². The number of carbonyl (C=O) groups excluding carboxylic acids is 1. The van der Waals surface area contributed by atoms with Gasteiger partial charge in [-0.3, -0.25) is 9.78 Å². The van der Waals surface area contributed by atoms with Crippen molar-refractivity contribution < 1.29 is 4.79 Å². The number of pyridine rings is 1. The summed E-state index contributed by atoms with van der Waals surface area (Å²) >= 11 is 0. The first-order valence-corrected chi connectivity index (χ1v) is 8.54. The number of benzene rings is 1. The Morgan fingerprint density at radius 2 is 2.00 bits per heavy atom. The summed E-state index contributed by atoms with van der Waals surface area (Å²) in [5, 5.41) is 3.36. The molecule has 3 rings (SSSR count). The van der Waals surface area contributed by atoms with Gasteiger partial charge in [0, 0.05) is 36.4 Å². The maximum atomic E-state index is 12.8. The van der Waals surface area contributed by atoms with Gasteiger partial charge in [0.15, 0.2) is 0 Å². The van der Waals surface area contributed by atoms with Gasteiger partial charge in [0.25, 0.3) is 5.91 Å². The molecule has 1 amide bonds. The van der Waals surface area contributed by atoms with Crippen molar-refractivity contribution in [1.29, 1.82) is 0 Å². The molecule has 0 atom stereocenters. The zero-order valence-corrected chi connectivity index (χ0v) is 15.3. The molecule has 3 aromatic rings. The number of hydrogen-bond donors (Lipinski definition) is 2. The summed E-state index contributed by atoms with van der Waals surface area (Å²) in [6, 6.07) is 11.5. The number of aromatic nitrogens is 3. The lowest BCUT2D eigenvalue weighted by Crippen LogP contribution is -2.27. The molecule has 6 nitrogen and oxygen atoms in total. The van der Waals surface area contributed by atoms with E-state index in [0.29, 0.717) is 18.7 Å². The van der Waals surface area contributed by atoms with Gasteiger partial charge in [0.1, 0.15) is 5.82 Å². The Kier molecular flexibility index (Phi) is 5.31. The van der Waals surface area contributed by atoms with E-state index in [1.807, 2.05) is 50.2 Å². The number of anilines is 1. The Morgan fingerprint density at radius 3 is 2.69 bits per heavy atom. The van der Waals surface area contributed by atoms with Crippen molar-refractivity contribution in [3.8, 4) is 0 Å². The first-order chi connectivity index (χ1) is 12.5. The van der Waals surface area contributed by atoms with Crippen molar-refractivity contribution >= 4 is 11.6 Å². The Morgan fingerprint density at radius 1 is 1.15 bits per heavy atom. The van der Waals surface area contributed by atoms with Crippen LogP contribution in [0.25, 0.3) is 0 Å². The van der Waals surface area contributed by atoms with Crippen molar-refractivity contribution in [1.82, 2.24) is 19.9 Å². The van der Waals surface area contributed by atoms with E-state index in [9.17, 15) is 4.79 Å². The number of nitrogens with one attached hydrogen (secondary N) is 2. The third kappa shape index (κ3) is 4.08. The van der Waals surface area contributed by atoms with Gasteiger partial charge in [-0.1, -0.05) is 12.1 Å². The summed E-state index contributed by atoms with van der Waals surface area (Å²) in [7, 11) is 1.79. The van der Waals surface area contributed by atoms with Crippen LogP contribution in [0.3, 0.4) is 0 Å². The Balaban J connectivity index is 1.72. The van der Waals surface area contributed by atoms with Crippen LogP contribution >= 0.6 is 0 Å². The molecule has 134 valence electrons. The summed E-state index contributed by atoms with van der Waals surface area (Å²) in [4.78, 5) is 26.2. The molecule has 0 unspecified atom stereocenters. The van der Waals surface area contributed by atoms with Crippen LogP contribution in [0.2, 0.25) is 0 Å². The smallest absolute Gasteiger partial charge is 0.254 e. The number of imidazole rings is 1. The van der Waals surface area contributed by atoms with Crippen LogP contribution in [0.4, 0.5) is 5.69 Å². The van der Waals surface area contributed by atoms with Crippen LogP contribution in [-0.4, -0.2) is 32.8 Å². The number of carbonyl (C=O) groups is 1. The minimum atomic E-state index is -0.0296. The van der Waals surface area contributed by atoms with E-state index in [2.05, 4.69) is 20.3 Å². The SMILES string of the molecule is Cc1cnc(CN(C)C(=O)c2cccc(NCc3ccccn3)c2C)[nH]1. The average Bonchev–Trinajstić information content (AvgIpc) is 3.06. The third-order valence-corrected chi connectivity index (χ3v) is 4.24. The largest absolute Gasteiger partial charge is 0.379 e. The van der Waals surface area contributed by atoms with Gasteiger partial charge >= 0.3 is 0 Å². The van der Waals surface area contributed by atoms with E-state index in [1.165, 1.54) is 0 Å². The highest BCUT2D eigenvalue weighted by Gasteiger charge is 2.17. The predicted molar refractivity (Wildman–Crippen MR) is 102 cm³/mol. The molecule has 0 spiro atoms. The normalized spacial score (nSPS) is 10.6. The van der Waals surface area contributed by atoms with Gasteiger partial charge in [-0.05, 0) is 43.7 Å². The van der Waals surface area contributed by atoms with Crippen molar-refractivity contribution in [2.75, 3.05) is 12.4 Å². The topological polar surface area (TPSA) is 73.9 Å². The van der Waals surface area contributed by atoms with Crippen molar-refractivity contribution in [2.24, 2.45) is 0 Å². The molecule has 0 fully saturated rings. The lowest BCUT2D eigenvalue weighted by molar-refractivity contribution is 0.0781. The molecule has 0 radical (unpaired) electrons. The van der Waals surface area contributed by atoms with Crippen LogP contribution in [0.15, 0.2) is 48.8 Å². The highest BCUT2D eigenvalue weighted by Crippen LogP contribution is 2.21. The summed E-state index contributed by atoms with van der Waals surface area (Å²) in [6.45, 7) is 4.95. The second kappa shape index (κ2) is 7.82. The van der Waals surface area contributed by atoms with E-state index < -0.39 is 0 Å². The molecular weight excluding hydrogens is 326 g/mol. The molecule has 2 aromatic heterocycles. The number of H-pyrrole nitrogens is 1. The quantitative estimate of drug-likeness (QED) is 0.716. The molecule has 0 aliphatic carbocycles. The summed E-state index contributed by atoms with van der Waals surface area (Å²) < 4.78 is 0. The first-order valence-electron chi connectivity index (χ1n) is 8.54. The van der Waals surface area contributed by atoms with Crippen LogP contribution in [0, 0.1) is 13.8 Å². The molecule has 26 heavy (non-hydrogen) atoms. The van der Waals surface area contributed by atoms with Crippen LogP contribution in [0.5, 0.6) is 0 Å². The molecule has 0 saturated carbocycles. The standard InChI is InChI=1S/C20H23N5O/c1-14-11-23-19(24-14)13-25(3)20(26)17-8-6-9-18(15(17)2)22-12-16-7-4-5-10-21-16/h4-11,22H,12-13H2,1-3H3,(H,23,24). The monoisotopic (exact) mass is 349 g/mol. The molecule has 0 aliphatic rings. The number of aryl methyl sites for hydroxylation is 1. The molecule has 6 heteroatoms. The molecule has 2 N–H and O–H groups in total. The number of aromatic amines is 1. The highest BCUT2D eigenvalue weighted by molar-refractivity contribution is 5.96. The zero-order chi connectivity index (χ0) is 18.5. The summed E-state index contributed by atoms with van der Waals surface area (Å²) in [5.74, 6) is 0.749. The lowest BCUT2D eigenvalue weighted by atomic mass is 10.1. The van der Waals surface area contributed by atoms with Crippen LogP contribution in [0.1, 0.15) is 33.1 Å². The number of amides is 1. The van der Waals surface area contributed by atoms with Gasteiger partial charge in [-0.15, -0.1) is 0 Å². The summed E-state index contributed by atoms with van der Waals surface area (Å²) in [5.41, 5.74) is 4.48. The van der Waals surface area contributed by atoms with E-state index >= 15 is 0 Å². The maximum Gasteiger partial charge on any atom is 0.254 e. The molecule has 0 saturated heterocycles. The molecular formula is C20H23N5O. The second-order valence-corrected chi connectivity index (χ2v) is 6.33. The number of nitrogens with zero attached hydrogens (tertiary/aromatic N) is 3. The molecule has 0 bridgehead atoms. The Bertz CT molecular complexity index is 888. The average molecular weight is 349 g/mol. The van der Waals surface area contributed by atoms with Crippen molar-refractivity contribution in [3.05, 3.63) is 77.1 Å². The summed E-state index contributed by atoms with van der Waals surface area (Å²) in [6.07, 6.45) is 3.54. The minimum absolute atomic E-state index is 0.0296. The first kappa shape index (κ1) is 17.7. The second-order valence-electron chi connectivity index (χ2n) is 6.33. The van der Waals surface area contributed by atoms with Crippen LogP contribution in [-0.2, 0) is 13.1 Å². The lowest BCUT2D eigenvalue weighted by Gasteiger charge is -2.19. The van der Waals surface area contributed by atoms with E-state index in [1.54, 1.807) is 24.3 Å². The van der Waals surface area contributed by atoms with Crippen LogP contribution < -0.4 is 5.32 Å². The van der Waals surface area contributed by atoms with Gasteiger partial charge in [-0.2, -0.15) is 0 Å². The van der Waals surface area contributed by atoms with Gasteiger partial charge in [-0.25, -0.2) is 4.98 Å². The fraction of sp³-hybridized carbons (Fsp3) is 0.250. The van der Waals surface area contributed by atoms with Gasteiger partial charge in [0.05, 0.1) is 18.8 Å².